The molecular formula is C16H25ClN2. The molecule has 0 aromatic heterocycles. The maximum Gasteiger partial charge on any atom is 0.0642 e. The van der Waals surface area contributed by atoms with E-state index < -0.39 is 0 Å². The molecule has 0 unspecified atom stereocenters. The van der Waals surface area contributed by atoms with Gasteiger partial charge in [-0.05, 0) is 43.5 Å². The van der Waals surface area contributed by atoms with E-state index in [1.54, 1.807) is 0 Å². The lowest BCUT2D eigenvalue weighted by Crippen LogP contribution is -2.29. The lowest BCUT2D eigenvalue weighted by Gasteiger charge is -2.27. The minimum atomic E-state index is 0.668. The first-order valence-corrected chi connectivity index (χ1v) is 7.82. The van der Waals surface area contributed by atoms with Gasteiger partial charge in [0.15, 0.2) is 0 Å². The molecular weight excluding hydrogens is 256 g/mol. The first kappa shape index (κ1) is 14.7. The lowest BCUT2D eigenvalue weighted by molar-refractivity contribution is 0.652. The highest BCUT2D eigenvalue weighted by molar-refractivity contribution is 6.33. The van der Waals surface area contributed by atoms with Crippen LogP contribution in [0.3, 0.4) is 0 Å². The zero-order valence-corrected chi connectivity index (χ0v) is 12.8. The molecule has 1 fully saturated rings. The van der Waals surface area contributed by atoms with Gasteiger partial charge in [0, 0.05) is 19.6 Å². The van der Waals surface area contributed by atoms with Crippen molar-refractivity contribution < 1.29 is 0 Å². The number of nitrogens with one attached hydrogen (secondary N) is 1. The summed E-state index contributed by atoms with van der Waals surface area (Å²) in [7, 11) is 2.17. The van der Waals surface area contributed by atoms with E-state index in [-0.39, 0.29) is 0 Å². The fourth-order valence-electron chi connectivity index (χ4n) is 2.84. The van der Waals surface area contributed by atoms with Crippen molar-refractivity contribution in [1.82, 2.24) is 5.32 Å². The molecule has 1 aromatic rings. The van der Waals surface area contributed by atoms with Crippen LogP contribution < -0.4 is 10.2 Å². The average molecular weight is 281 g/mol. The predicted molar refractivity (Wildman–Crippen MR) is 84.1 cm³/mol. The first-order chi connectivity index (χ1) is 9.22. The summed E-state index contributed by atoms with van der Waals surface area (Å²) in [4.78, 5) is 2.36. The second kappa shape index (κ2) is 7.16. The van der Waals surface area contributed by atoms with Crippen molar-refractivity contribution in [2.24, 2.45) is 0 Å². The minimum Gasteiger partial charge on any atom is -0.370 e. The van der Waals surface area contributed by atoms with Gasteiger partial charge in [-0.2, -0.15) is 0 Å². The molecule has 1 saturated carbocycles. The van der Waals surface area contributed by atoms with Crippen LogP contribution in [0.1, 0.15) is 44.6 Å². The van der Waals surface area contributed by atoms with E-state index in [9.17, 15) is 0 Å². The average Bonchev–Trinajstić information content (AvgIpc) is 2.92. The Labute approximate surface area is 122 Å². The maximum atomic E-state index is 6.45. The van der Waals surface area contributed by atoms with Gasteiger partial charge in [0.25, 0.3) is 0 Å². The van der Waals surface area contributed by atoms with Gasteiger partial charge in [0.1, 0.15) is 0 Å². The quantitative estimate of drug-likeness (QED) is 0.785. The van der Waals surface area contributed by atoms with Crippen molar-refractivity contribution in [3.05, 3.63) is 28.8 Å². The van der Waals surface area contributed by atoms with Crippen molar-refractivity contribution in [1.29, 1.82) is 0 Å². The molecule has 0 bridgehead atoms. The third-order valence-electron chi connectivity index (χ3n) is 4.02. The Morgan fingerprint density at radius 1 is 1.32 bits per heavy atom. The second-order valence-electron chi connectivity index (χ2n) is 5.51. The van der Waals surface area contributed by atoms with Crippen molar-refractivity contribution in [3.63, 3.8) is 0 Å². The van der Waals surface area contributed by atoms with Gasteiger partial charge < -0.3 is 10.2 Å². The van der Waals surface area contributed by atoms with E-state index in [4.69, 9.17) is 11.6 Å². The normalized spacial score (nSPS) is 15.9. The van der Waals surface area contributed by atoms with Crippen molar-refractivity contribution in [2.45, 2.75) is 51.6 Å². The Balaban J connectivity index is 2.01. The zero-order chi connectivity index (χ0) is 13.7. The fraction of sp³-hybridized carbons (Fsp3) is 0.625. The van der Waals surface area contributed by atoms with Gasteiger partial charge in [-0.25, -0.2) is 0 Å². The highest BCUT2D eigenvalue weighted by Crippen LogP contribution is 2.32. The van der Waals surface area contributed by atoms with Crippen LogP contribution in [0.25, 0.3) is 0 Å². The van der Waals surface area contributed by atoms with Crippen LogP contribution >= 0.6 is 11.6 Å². The number of rotatable bonds is 6. The van der Waals surface area contributed by atoms with Crippen LogP contribution in [0.5, 0.6) is 0 Å². The Morgan fingerprint density at radius 3 is 2.68 bits per heavy atom. The molecule has 1 aliphatic rings. The van der Waals surface area contributed by atoms with Gasteiger partial charge in [-0.3, -0.25) is 0 Å². The maximum absolute atomic E-state index is 6.45. The Bertz CT molecular complexity index is 400. The molecule has 1 aromatic carbocycles. The summed E-state index contributed by atoms with van der Waals surface area (Å²) in [5.41, 5.74) is 2.44. The number of benzene rings is 1. The zero-order valence-electron chi connectivity index (χ0n) is 12.1. The third kappa shape index (κ3) is 3.87. The molecule has 1 N–H and O–H groups in total. The van der Waals surface area contributed by atoms with E-state index in [0.717, 1.165) is 24.5 Å². The molecule has 0 amide bonds. The molecule has 19 heavy (non-hydrogen) atoms. The predicted octanol–water partition coefficient (Wildman–Crippen LogP) is 4.22. The summed E-state index contributed by atoms with van der Waals surface area (Å²) in [6, 6.07) is 7.13. The van der Waals surface area contributed by atoms with Gasteiger partial charge >= 0.3 is 0 Å². The van der Waals surface area contributed by atoms with Gasteiger partial charge in [0.05, 0.1) is 10.7 Å². The van der Waals surface area contributed by atoms with Crippen molar-refractivity contribution >= 4 is 17.3 Å². The van der Waals surface area contributed by atoms with Crippen LogP contribution in [0.2, 0.25) is 5.02 Å². The summed E-state index contributed by atoms with van der Waals surface area (Å²) >= 11 is 6.45. The van der Waals surface area contributed by atoms with Crippen LogP contribution in [0.4, 0.5) is 5.69 Å². The minimum absolute atomic E-state index is 0.668. The smallest absolute Gasteiger partial charge is 0.0642 e. The highest BCUT2D eigenvalue weighted by atomic mass is 35.5. The molecule has 0 heterocycles. The number of hydrogen-bond donors (Lipinski definition) is 1. The Kier molecular flexibility index (Phi) is 5.53. The summed E-state index contributed by atoms with van der Waals surface area (Å²) in [6.45, 7) is 4.14. The molecule has 2 nitrogen and oxygen atoms in total. The Morgan fingerprint density at radius 2 is 2.05 bits per heavy atom. The van der Waals surface area contributed by atoms with Crippen LogP contribution in [-0.2, 0) is 6.54 Å². The van der Waals surface area contributed by atoms with E-state index in [1.807, 2.05) is 0 Å². The monoisotopic (exact) mass is 280 g/mol. The highest BCUT2D eigenvalue weighted by Gasteiger charge is 2.21. The summed E-state index contributed by atoms with van der Waals surface area (Å²) in [6.07, 6.45) is 6.47. The molecule has 0 saturated heterocycles. The van der Waals surface area contributed by atoms with Gasteiger partial charge in [-0.15, -0.1) is 0 Å². The Hall–Kier alpha value is -0.730. The van der Waals surface area contributed by atoms with Crippen molar-refractivity contribution in [3.8, 4) is 0 Å². The van der Waals surface area contributed by atoms with E-state index >= 15 is 0 Å². The summed E-state index contributed by atoms with van der Waals surface area (Å²) in [5, 5.41) is 4.29. The topological polar surface area (TPSA) is 15.3 Å². The van der Waals surface area contributed by atoms with Gasteiger partial charge in [0.2, 0.25) is 0 Å². The molecule has 0 radical (unpaired) electrons. The SMILES string of the molecule is CCCNCc1ccc(N(C)C2CCCC2)c(Cl)c1. The number of halogens is 1. The molecule has 3 heteroatoms. The van der Waals surface area contributed by atoms with E-state index in [0.29, 0.717) is 6.04 Å². The molecule has 0 spiro atoms. The third-order valence-corrected chi connectivity index (χ3v) is 4.32. The van der Waals surface area contributed by atoms with Crippen LogP contribution in [-0.4, -0.2) is 19.6 Å². The number of hydrogen-bond acceptors (Lipinski definition) is 2. The molecule has 0 atom stereocenters. The molecule has 0 aliphatic heterocycles. The summed E-state index contributed by atoms with van der Waals surface area (Å²) in [5.74, 6) is 0. The molecule has 1 aliphatic carbocycles. The van der Waals surface area contributed by atoms with E-state index in [1.165, 1.54) is 36.9 Å². The molecule has 2 rings (SSSR count). The van der Waals surface area contributed by atoms with Crippen molar-refractivity contribution in [2.75, 3.05) is 18.5 Å². The van der Waals surface area contributed by atoms with Crippen LogP contribution in [0, 0.1) is 0 Å². The lowest BCUT2D eigenvalue weighted by atomic mass is 10.1. The summed E-state index contributed by atoms with van der Waals surface area (Å²) < 4.78 is 0. The van der Waals surface area contributed by atoms with Gasteiger partial charge in [-0.1, -0.05) is 37.4 Å². The molecule has 106 valence electrons. The number of nitrogens with zero attached hydrogens (tertiary/aromatic N) is 1. The van der Waals surface area contributed by atoms with E-state index in [2.05, 4.69) is 42.4 Å². The number of anilines is 1. The van der Waals surface area contributed by atoms with Crippen LogP contribution in [0.15, 0.2) is 18.2 Å². The fourth-order valence-corrected chi connectivity index (χ4v) is 3.18. The largest absolute Gasteiger partial charge is 0.370 e. The second-order valence-corrected chi connectivity index (χ2v) is 5.92. The first-order valence-electron chi connectivity index (χ1n) is 7.44. The standard InChI is InChI=1S/C16H25ClN2/c1-3-10-18-12-13-8-9-16(15(17)11-13)19(2)14-6-4-5-7-14/h8-9,11,14,18H,3-7,10,12H2,1-2H3.